The number of carbonyl (C=O) groups is 1. The van der Waals surface area contributed by atoms with Gasteiger partial charge < -0.3 is 14.6 Å². The molecule has 17 heavy (non-hydrogen) atoms. The zero-order valence-electron chi connectivity index (χ0n) is 10.4. The average Bonchev–Trinajstić information content (AvgIpc) is 2.58. The van der Waals surface area contributed by atoms with Crippen LogP contribution in [-0.4, -0.2) is 24.0 Å². The number of rotatable bonds is 2. The van der Waals surface area contributed by atoms with Crippen LogP contribution in [0.1, 0.15) is 37.2 Å². The van der Waals surface area contributed by atoms with Crippen molar-refractivity contribution in [1.82, 2.24) is 10.2 Å². The Morgan fingerprint density at radius 2 is 2.00 bits per heavy atom. The molecule has 0 aliphatic carbocycles. The second kappa shape index (κ2) is 5.75. The Kier molecular flexibility index (Phi) is 4.07. The first-order valence-corrected chi connectivity index (χ1v) is 6.34. The summed E-state index contributed by atoms with van der Waals surface area (Å²) in [5, 5.41) is 2.90. The topological polar surface area (TPSA) is 45.5 Å². The molecule has 0 bridgehead atoms. The van der Waals surface area contributed by atoms with Crippen LogP contribution in [0.2, 0.25) is 0 Å². The van der Waals surface area contributed by atoms with Crippen LogP contribution in [0.25, 0.3) is 0 Å². The van der Waals surface area contributed by atoms with E-state index in [2.05, 4.69) is 5.32 Å². The van der Waals surface area contributed by atoms with Crippen molar-refractivity contribution in [2.24, 2.45) is 0 Å². The number of hydrogen-bond donors (Lipinski definition) is 1. The number of urea groups is 1. The molecule has 2 amide bonds. The van der Waals surface area contributed by atoms with Gasteiger partial charge in [-0.2, -0.15) is 0 Å². The van der Waals surface area contributed by atoms with Crippen molar-refractivity contribution in [1.29, 1.82) is 0 Å². The minimum absolute atomic E-state index is 0.0287. The predicted molar refractivity (Wildman–Crippen MR) is 65.7 cm³/mol. The zero-order chi connectivity index (χ0) is 12.1. The maximum atomic E-state index is 11.9. The Balaban J connectivity index is 1.79. The molecule has 4 heteroatoms. The van der Waals surface area contributed by atoms with Gasteiger partial charge in [0.15, 0.2) is 0 Å². The summed E-state index contributed by atoms with van der Waals surface area (Å²) in [7, 11) is 0. The van der Waals surface area contributed by atoms with E-state index in [4.69, 9.17) is 4.42 Å². The Hall–Kier alpha value is -1.45. The molecule has 0 radical (unpaired) electrons. The summed E-state index contributed by atoms with van der Waals surface area (Å²) in [5.41, 5.74) is 0. The van der Waals surface area contributed by atoms with E-state index in [0.717, 1.165) is 37.5 Å². The molecule has 1 aliphatic rings. The lowest BCUT2D eigenvalue weighted by Gasteiger charge is -2.20. The Bertz CT molecular complexity index is 365. The predicted octanol–water partition coefficient (Wildman–Crippen LogP) is 2.67. The second-order valence-corrected chi connectivity index (χ2v) is 4.57. The van der Waals surface area contributed by atoms with Crippen LogP contribution < -0.4 is 5.32 Å². The Morgan fingerprint density at radius 1 is 1.29 bits per heavy atom. The molecule has 1 aliphatic heterocycles. The quantitative estimate of drug-likeness (QED) is 0.858. The van der Waals surface area contributed by atoms with Gasteiger partial charge in [0, 0.05) is 13.1 Å². The second-order valence-electron chi connectivity index (χ2n) is 4.57. The highest BCUT2D eigenvalue weighted by Gasteiger charge is 2.15. The third-order valence-corrected chi connectivity index (χ3v) is 3.10. The first-order valence-electron chi connectivity index (χ1n) is 6.34. The highest BCUT2D eigenvalue weighted by Crippen LogP contribution is 2.10. The van der Waals surface area contributed by atoms with Gasteiger partial charge in [-0.25, -0.2) is 4.79 Å². The molecule has 0 aromatic carbocycles. The zero-order valence-corrected chi connectivity index (χ0v) is 10.4. The number of carbonyl (C=O) groups excluding carboxylic acids is 1. The van der Waals surface area contributed by atoms with Crippen molar-refractivity contribution >= 4 is 6.03 Å². The third kappa shape index (κ3) is 3.51. The highest BCUT2D eigenvalue weighted by atomic mass is 16.3. The Labute approximate surface area is 102 Å². The number of aryl methyl sites for hydroxylation is 1. The van der Waals surface area contributed by atoms with Gasteiger partial charge in [0.05, 0.1) is 6.54 Å². The van der Waals surface area contributed by atoms with E-state index in [1.165, 1.54) is 12.8 Å². The van der Waals surface area contributed by atoms with Crippen LogP contribution in [0.4, 0.5) is 4.79 Å². The Morgan fingerprint density at radius 3 is 2.59 bits per heavy atom. The summed E-state index contributed by atoms with van der Waals surface area (Å²) in [6.07, 6.45) is 4.71. The number of nitrogens with zero attached hydrogens (tertiary/aromatic N) is 1. The lowest BCUT2D eigenvalue weighted by Crippen LogP contribution is -2.40. The fraction of sp³-hybridized carbons (Fsp3) is 0.615. The van der Waals surface area contributed by atoms with Gasteiger partial charge in [0.2, 0.25) is 0 Å². The number of hydrogen-bond acceptors (Lipinski definition) is 2. The van der Waals surface area contributed by atoms with Crippen LogP contribution in [0.3, 0.4) is 0 Å². The van der Waals surface area contributed by atoms with Gasteiger partial charge in [-0.05, 0) is 31.9 Å². The first kappa shape index (κ1) is 12.0. The molecule has 2 rings (SSSR count). The summed E-state index contributed by atoms with van der Waals surface area (Å²) >= 11 is 0. The van der Waals surface area contributed by atoms with Crippen LogP contribution in [-0.2, 0) is 6.54 Å². The van der Waals surface area contributed by atoms with Crippen molar-refractivity contribution in [3.63, 3.8) is 0 Å². The lowest BCUT2D eigenvalue weighted by molar-refractivity contribution is 0.198. The van der Waals surface area contributed by atoms with Crippen molar-refractivity contribution in [2.75, 3.05) is 13.1 Å². The molecule has 0 unspecified atom stereocenters. The maximum absolute atomic E-state index is 11.9. The van der Waals surface area contributed by atoms with Crippen molar-refractivity contribution in [2.45, 2.75) is 39.2 Å². The van der Waals surface area contributed by atoms with Gasteiger partial charge >= 0.3 is 6.03 Å². The van der Waals surface area contributed by atoms with Crippen LogP contribution in [0.5, 0.6) is 0 Å². The van der Waals surface area contributed by atoms with Gasteiger partial charge in [-0.15, -0.1) is 0 Å². The molecule has 0 atom stereocenters. The summed E-state index contributed by atoms with van der Waals surface area (Å²) < 4.78 is 5.41. The van der Waals surface area contributed by atoms with Gasteiger partial charge in [-0.3, -0.25) is 0 Å². The highest BCUT2D eigenvalue weighted by molar-refractivity contribution is 5.74. The number of nitrogens with one attached hydrogen (secondary N) is 1. The van der Waals surface area contributed by atoms with E-state index < -0.39 is 0 Å². The van der Waals surface area contributed by atoms with Gasteiger partial charge in [0.1, 0.15) is 11.5 Å². The third-order valence-electron chi connectivity index (χ3n) is 3.10. The molecule has 94 valence electrons. The molecular formula is C13H20N2O2. The van der Waals surface area contributed by atoms with E-state index in [1.54, 1.807) is 0 Å². The monoisotopic (exact) mass is 236 g/mol. The fourth-order valence-electron chi connectivity index (χ4n) is 2.13. The average molecular weight is 236 g/mol. The van der Waals surface area contributed by atoms with E-state index >= 15 is 0 Å². The standard InChI is InChI=1S/C13H20N2O2/c1-11-6-7-12(17-11)10-14-13(16)15-8-4-2-3-5-9-15/h6-7H,2-5,8-10H2,1H3,(H,14,16). The van der Waals surface area contributed by atoms with Crippen molar-refractivity contribution in [3.05, 3.63) is 23.7 Å². The molecule has 2 heterocycles. The fourth-order valence-corrected chi connectivity index (χ4v) is 2.13. The van der Waals surface area contributed by atoms with Crippen LogP contribution in [0, 0.1) is 6.92 Å². The molecule has 1 N–H and O–H groups in total. The first-order chi connectivity index (χ1) is 8.25. The minimum atomic E-state index is 0.0287. The van der Waals surface area contributed by atoms with Crippen LogP contribution >= 0.6 is 0 Å². The normalized spacial score (nSPS) is 16.6. The number of furan rings is 1. The molecule has 1 aromatic heterocycles. The lowest BCUT2D eigenvalue weighted by atomic mass is 10.2. The van der Waals surface area contributed by atoms with Crippen molar-refractivity contribution < 1.29 is 9.21 Å². The molecule has 1 aromatic rings. The van der Waals surface area contributed by atoms with Crippen molar-refractivity contribution in [3.8, 4) is 0 Å². The number of likely N-dealkylation sites (tertiary alicyclic amines) is 1. The maximum Gasteiger partial charge on any atom is 0.317 e. The van der Waals surface area contributed by atoms with E-state index in [1.807, 2.05) is 24.0 Å². The summed E-state index contributed by atoms with van der Waals surface area (Å²) in [6, 6.07) is 3.84. The molecule has 1 saturated heterocycles. The summed E-state index contributed by atoms with van der Waals surface area (Å²) in [6.45, 7) is 4.13. The summed E-state index contributed by atoms with van der Waals surface area (Å²) in [4.78, 5) is 13.8. The van der Waals surface area contributed by atoms with E-state index in [9.17, 15) is 4.79 Å². The molecular weight excluding hydrogens is 216 g/mol. The molecule has 4 nitrogen and oxygen atoms in total. The van der Waals surface area contributed by atoms with Crippen LogP contribution in [0.15, 0.2) is 16.5 Å². The van der Waals surface area contributed by atoms with E-state index in [0.29, 0.717) is 6.54 Å². The molecule has 0 spiro atoms. The summed E-state index contributed by atoms with van der Waals surface area (Å²) in [5.74, 6) is 1.69. The molecule has 0 saturated carbocycles. The SMILES string of the molecule is Cc1ccc(CNC(=O)N2CCCCCC2)o1. The smallest absolute Gasteiger partial charge is 0.317 e. The number of amides is 2. The molecule has 1 fully saturated rings. The van der Waals surface area contributed by atoms with Gasteiger partial charge in [0.25, 0.3) is 0 Å². The van der Waals surface area contributed by atoms with E-state index in [-0.39, 0.29) is 6.03 Å². The van der Waals surface area contributed by atoms with Gasteiger partial charge in [-0.1, -0.05) is 12.8 Å². The largest absolute Gasteiger partial charge is 0.465 e. The minimum Gasteiger partial charge on any atom is -0.465 e.